The molecule has 0 fully saturated rings. The predicted molar refractivity (Wildman–Crippen MR) is 119 cm³/mol. The summed E-state index contributed by atoms with van der Waals surface area (Å²) in [7, 11) is 0. The fraction of sp³-hybridized carbons (Fsp3) is 0.421. The van der Waals surface area contributed by atoms with Crippen molar-refractivity contribution in [3.8, 4) is 0 Å². The quantitative estimate of drug-likeness (QED) is 0.254. The van der Waals surface area contributed by atoms with E-state index in [9.17, 15) is 14.3 Å². The number of H-pyrrole nitrogens is 1. The van der Waals surface area contributed by atoms with Gasteiger partial charge in [-0.05, 0) is 30.9 Å². The second kappa shape index (κ2) is 10.6. The Morgan fingerprint density at radius 3 is 2.76 bits per heavy atom. The van der Waals surface area contributed by atoms with Gasteiger partial charge in [0.15, 0.2) is 16.6 Å². The molecular weight excluding hydrogens is 413 g/mol. The average Bonchev–Trinajstić information content (AvgIpc) is 3.05. The van der Waals surface area contributed by atoms with Crippen LogP contribution in [-0.2, 0) is 0 Å². The average molecular weight is 440 g/mol. The summed E-state index contributed by atoms with van der Waals surface area (Å²) in [5.74, 6) is 0.337. The van der Waals surface area contributed by atoms with Gasteiger partial charge < -0.3 is 16.2 Å². The monoisotopic (exact) mass is 439 g/mol. The number of hydrogen-bond donors (Lipinski definition) is 4. The summed E-state index contributed by atoms with van der Waals surface area (Å²) in [6.45, 7) is 9.92. The van der Waals surface area contributed by atoms with E-state index in [0.717, 1.165) is 24.0 Å². The van der Waals surface area contributed by atoms with Crippen molar-refractivity contribution in [1.82, 2.24) is 15.0 Å². The number of aromatic amines is 1. The molecule has 7 nitrogen and oxygen atoms in total. The standard InChI is InChI=1S/C19H26FN5O2S2/c1-10(2)7-14(9-26)22-16-15-17(25-19(27)29-15)24-18(23-16)28-12(4)11(3)5-6-13(20)8-21/h5-6,8,10,12,14,26H,3,7,9,21H2,1-2,4H3,(H2,22,23,24,25,27)/b6-5-,13-8+/t12-,14+/m0/s1. The van der Waals surface area contributed by atoms with E-state index in [1.165, 1.54) is 17.8 Å². The number of aromatic nitrogens is 3. The van der Waals surface area contributed by atoms with E-state index in [0.29, 0.717) is 32.8 Å². The molecule has 2 aromatic heterocycles. The van der Waals surface area contributed by atoms with E-state index in [-0.39, 0.29) is 22.8 Å². The molecule has 0 saturated heterocycles. The third-order valence-corrected chi connectivity index (χ3v) is 5.93. The van der Waals surface area contributed by atoms with Crippen LogP contribution in [0.25, 0.3) is 10.3 Å². The van der Waals surface area contributed by atoms with Crippen LogP contribution in [0.1, 0.15) is 27.2 Å². The van der Waals surface area contributed by atoms with Crippen LogP contribution >= 0.6 is 23.1 Å². The molecule has 0 aromatic carbocycles. The zero-order chi connectivity index (χ0) is 21.6. The molecule has 0 bridgehead atoms. The first-order valence-electron chi connectivity index (χ1n) is 9.12. The molecule has 0 aliphatic rings. The van der Waals surface area contributed by atoms with E-state index in [1.807, 2.05) is 6.92 Å². The maximum Gasteiger partial charge on any atom is 0.306 e. The third kappa shape index (κ3) is 6.69. The third-order valence-electron chi connectivity index (χ3n) is 4.00. The van der Waals surface area contributed by atoms with Crippen molar-refractivity contribution >= 4 is 39.3 Å². The second-order valence-electron chi connectivity index (χ2n) is 6.92. The minimum absolute atomic E-state index is 0.0519. The summed E-state index contributed by atoms with van der Waals surface area (Å²) in [5.41, 5.74) is 6.22. The van der Waals surface area contributed by atoms with E-state index < -0.39 is 5.83 Å². The molecule has 0 radical (unpaired) electrons. The molecular formula is C19H26FN5O2S2. The Morgan fingerprint density at radius 2 is 2.14 bits per heavy atom. The van der Waals surface area contributed by atoms with Gasteiger partial charge in [-0.1, -0.05) is 49.6 Å². The zero-order valence-corrected chi connectivity index (χ0v) is 18.2. The smallest absolute Gasteiger partial charge is 0.306 e. The molecule has 0 unspecified atom stereocenters. The zero-order valence-electron chi connectivity index (χ0n) is 16.6. The highest BCUT2D eigenvalue weighted by molar-refractivity contribution is 7.99. The van der Waals surface area contributed by atoms with Gasteiger partial charge in [-0.2, -0.15) is 0 Å². The van der Waals surface area contributed by atoms with Gasteiger partial charge in [0, 0.05) is 11.4 Å². The lowest BCUT2D eigenvalue weighted by Gasteiger charge is -2.19. The molecule has 5 N–H and O–H groups in total. The SMILES string of the molecule is C=C(/C=C\C(F)=C/N)[C@H](C)Sc1nc(N[C@@H](CO)CC(C)C)c2sc(=O)[nH]c2n1. The molecule has 2 aromatic rings. The summed E-state index contributed by atoms with van der Waals surface area (Å²) < 4.78 is 13.8. The molecule has 2 atom stereocenters. The van der Waals surface area contributed by atoms with Crippen LogP contribution in [0.15, 0.2) is 46.3 Å². The number of allylic oxidation sites excluding steroid dienone is 3. The fourth-order valence-corrected chi connectivity index (χ4v) is 4.09. The van der Waals surface area contributed by atoms with Crippen LogP contribution in [-0.4, -0.2) is 38.0 Å². The number of anilines is 1. The number of aliphatic hydroxyl groups excluding tert-OH is 1. The highest BCUT2D eigenvalue weighted by Gasteiger charge is 2.18. The highest BCUT2D eigenvalue weighted by Crippen LogP contribution is 2.30. The van der Waals surface area contributed by atoms with Crippen molar-refractivity contribution in [2.24, 2.45) is 11.7 Å². The number of hydrogen-bond acceptors (Lipinski definition) is 8. The number of nitrogens with one attached hydrogen (secondary N) is 2. The van der Waals surface area contributed by atoms with Gasteiger partial charge in [0.05, 0.1) is 12.6 Å². The topological polar surface area (TPSA) is 117 Å². The fourth-order valence-electron chi connectivity index (χ4n) is 2.53. The summed E-state index contributed by atoms with van der Waals surface area (Å²) in [6.07, 6.45) is 4.41. The Balaban J connectivity index is 2.29. The van der Waals surface area contributed by atoms with Crippen molar-refractivity contribution in [2.45, 2.75) is 43.6 Å². The van der Waals surface area contributed by atoms with Gasteiger partial charge in [-0.25, -0.2) is 14.4 Å². The van der Waals surface area contributed by atoms with E-state index in [1.54, 1.807) is 6.08 Å². The molecule has 10 heteroatoms. The summed E-state index contributed by atoms with van der Waals surface area (Å²) >= 11 is 2.35. The minimum Gasteiger partial charge on any atom is -0.402 e. The first kappa shape index (κ1) is 23.1. The van der Waals surface area contributed by atoms with Crippen LogP contribution in [0.4, 0.5) is 10.2 Å². The van der Waals surface area contributed by atoms with Gasteiger partial charge in [-0.15, -0.1) is 0 Å². The first-order chi connectivity index (χ1) is 13.7. The maximum absolute atomic E-state index is 13.2. The number of rotatable bonds is 10. The van der Waals surface area contributed by atoms with E-state index >= 15 is 0 Å². The van der Waals surface area contributed by atoms with Crippen molar-refractivity contribution in [2.75, 3.05) is 11.9 Å². The number of thioether (sulfide) groups is 1. The summed E-state index contributed by atoms with van der Waals surface area (Å²) in [6, 6.07) is -0.190. The van der Waals surface area contributed by atoms with Crippen molar-refractivity contribution in [1.29, 1.82) is 0 Å². The summed E-state index contributed by atoms with van der Waals surface area (Å²) in [4.78, 5) is 23.3. The molecule has 2 heterocycles. The minimum atomic E-state index is -0.552. The molecule has 29 heavy (non-hydrogen) atoms. The molecule has 0 aliphatic carbocycles. The number of fused-ring (bicyclic) bond motifs is 1. The number of aliphatic hydroxyl groups is 1. The lowest BCUT2D eigenvalue weighted by Crippen LogP contribution is -2.26. The van der Waals surface area contributed by atoms with Crippen LogP contribution in [0, 0.1) is 5.92 Å². The number of halogens is 1. The predicted octanol–water partition coefficient (Wildman–Crippen LogP) is 3.56. The molecule has 0 amide bonds. The molecule has 0 aliphatic heterocycles. The van der Waals surface area contributed by atoms with Crippen molar-refractivity contribution < 1.29 is 9.50 Å². The van der Waals surface area contributed by atoms with E-state index in [2.05, 4.69) is 40.7 Å². The van der Waals surface area contributed by atoms with Gasteiger partial charge in [0.1, 0.15) is 10.5 Å². The Labute approximate surface area is 177 Å². The maximum atomic E-state index is 13.2. The Hall–Kier alpha value is -2.17. The molecule has 0 saturated carbocycles. The summed E-state index contributed by atoms with van der Waals surface area (Å²) in [5, 5.41) is 13.2. The first-order valence-corrected chi connectivity index (χ1v) is 10.8. The van der Waals surface area contributed by atoms with Crippen molar-refractivity contribution in [3.05, 3.63) is 46.0 Å². The molecule has 0 spiro atoms. The lowest BCUT2D eigenvalue weighted by atomic mass is 10.0. The molecule has 158 valence electrons. The van der Waals surface area contributed by atoms with Gasteiger partial charge in [-0.3, -0.25) is 9.78 Å². The van der Waals surface area contributed by atoms with Crippen LogP contribution < -0.4 is 15.9 Å². The van der Waals surface area contributed by atoms with Crippen molar-refractivity contribution in [3.63, 3.8) is 0 Å². The Kier molecular flexibility index (Phi) is 8.42. The number of nitrogens with two attached hydrogens (primary N) is 1. The Bertz CT molecular complexity index is 967. The van der Waals surface area contributed by atoms with Crippen LogP contribution in [0.3, 0.4) is 0 Å². The lowest BCUT2D eigenvalue weighted by molar-refractivity contribution is 0.259. The van der Waals surface area contributed by atoms with Gasteiger partial charge in [0.2, 0.25) is 0 Å². The number of nitrogens with zero attached hydrogens (tertiary/aromatic N) is 2. The van der Waals surface area contributed by atoms with Crippen LogP contribution in [0.5, 0.6) is 0 Å². The molecule has 2 rings (SSSR count). The Morgan fingerprint density at radius 1 is 1.41 bits per heavy atom. The second-order valence-corrected chi connectivity index (χ2v) is 9.21. The largest absolute Gasteiger partial charge is 0.402 e. The van der Waals surface area contributed by atoms with Gasteiger partial charge >= 0.3 is 4.87 Å². The highest BCUT2D eigenvalue weighted by atomic mass is 32.2. The normalized spacial score (nSPS) is 14.6. The van der Waals surface area contributed by atoms with E-state index in [4.69, 9.17) is 5.73 Å². The number of thiazole rings is 1. The van der Waals surface area contributed by atoms with Crippen LogP contribution in [0.2, 0.25) is 0 Å². The van der Waals surface area contributed by atoms with Gasteiger partial charge in [0.25, 0.3) is 0 Å².